The van der Waals surface area contributed by atoms with Gasteiger partial charge in [0.15, 0.2) is 0 Å². The first-order valence-electron chi connectivity index (χ1n) is 7.61. The van der Waals surface area contributed by atoms with Gasteiger partial charge in [0.2, 0.25) is 0 Å². The Morgan fingerprint density at radius 2 is 2.04 bits per heavy atom. The fourth-order valence-electron chi connectivity index (χ4n) is 2.78. The normalized spacial score (nSPS) is 15.7. The number of aryl methyl sites for hydroxylation is 2. The summed E-state index contributed by atoms with van der Waals surface area (Å²) in [5.41, 5.74) is 2.04. The number of nitrogens with zero attached hydrogens (tertiary/aromatic N) is 2. The highest BCUT2D eigenvalue weighted by molar-refractivity contribution is 7.03. The van der Waals surface area contributed by atoms with Crippen LogP contribution < -0.4 is 5.32 Å². The first-order chi connectivity index (χ1) is 11.1. The zero-order chi connectivity index (χ0) is 16.4. The maximum atomic E-state index is 12.4. The molecular weight excluding hydrogens is 314 g/mol. The van der Waals surface area contributed by atoms with Crippen molar-refractivity contribution in [2.45, 2.75) is 32.7 Å². The van der Waals surface area contributed by atoms with E-state index in [4.69, 9.17) is 4.42 Å². The van der Waals surface area contributed by atoms with Gasteiger partial charge in [-0.25, -0.2) is 0 Å². The second-order valence-corrected chi connectivity index (χ2v) is 6.37. The van der Waals surface area contributed by atoms with E-state index >= 15 is 0 Å². The molecule has 2 aromatic heterocycles. The molecular formula is C16H19N3O3S. The zero-order valence-electron chi connectivity index (χ0n) is 13.2. The Hall–Kier alpha value is -2.15. The summed E-state index contributed by atoms with van der Waals surface area (Å²) in [5, 5.41) is 4.82. The first kappa shape index (κ1) is 15.7. The Balaban J connectivity index is 1.55. The summed E-state index contributed by atoms with van der Waals surface area (Å²) in [6.45, 7) is 4.91. The van der Waals surface area contributed by atoms with Gasteiger partial charge >= 0.3 is 0 Å². The van der Waals surface area contributed by atoms with Crippen molar-refractivity contribution in [1.29, 1.82) is 0 Å². The fourth-order valence-corrected chi connectivity index (χ4v) is 3.46. The Morgan fingerprint density at radius 3 is 2.61 bits per heavy atom. The highest BCUT2D eigenvalue weighted by Gasteiger charge is 2.26. The van der Waals surface area contributed by atoms with Crippen LogP contribution in [0.2, 0.25) is 0 Å². The number of amides is 2. The molecule has 23 heavy (non-hydrogen) atoms. The van der Waals surface area contributed by atoms with Crippen molar-refractivity contribution in [1.82, 2.24) is 14.6 Å². The third-order valence-corrected chi connectivity index (χ3v) is 4.92. The summed E-state index contributed by atoms with van der Waals surface area (Å²) in [6, 6.07) is 1.76. The monoisotopic (exact) mass is 333 g/mol. The van der Waals surface area contributed by atoms with Gasteiger partial charge in [0.05, 0.1) is 23.1 Å². The van der Waals surface area contributed by atoms with Crippen LogP contribution in [-0.2, 0) is 0 Å². The molecule has 0 aromatic carbocycles. The Morgan fingerprint density at radius 1 is 1.30 bits per heavy atom. The molecule has 0 atom stereocenters. The lowest BCUT2D eigenvalue weighted by Gasteiger charge is -2.32. The molecule has 2 amide bonds. The predicted octanol–water partition coefficient (Wildman–Crippen LogP) is 2.39. The van der Waals surface area contributed by atoms with E-state index in [9.17, 15) is 9.59 Å². The van der Waals surface area contributed by atoms with E-state index < -0.39 is 0 Å². The summed E-state index contributed by atoms with van der Waals surface area (Å²) in [7, 11) is 0. The van der Waals surface area contributed by atoms with Gasteiger partial charge in [-0.1, -0.05) is 0 Å². The maximum absolute atomic E-state index is 12.4. The van der Waals surface area contributed by atoms with Gasteiger partial charge in [-0.3, -0.25) is 9.59 Å². The minimum atomic E-state index is -0.112. The zero-order valence-corrected chi connectivity index (χ0v) is 14.0. The molecule has 0 saturated carbocycles. The molecule has 0 spiro atoms. The first-order valence-corrected chi connectivity index (χ1v) is 8.45. The molecule has 3 heterocycles. The van der Waals surface area contributed by atoms with Crippen molar-refractivity contribution < 1.29 is 14.0 Å². The summed E-state index contributed by atoms with van der Waals surface area (Å²) < 4.78 is 9.31. The molecule has 0 radical (unpaired) electrons. The van der Waals surface area contributed by atoms with E-state index in [1.165, 1.54) is 17.8 Å². The number of furan rings is 1. The molecule has 122 valence electrons. The Kier molecular flexibility index (Phi) is 4.47. The maximum Gasteiger partial charge on any atom is 0.256 e. The highest BCUT2D eigenvalue weighted by atomic mass is 32.1. The van der Waals surface area contributed by atoms with Gasteiger partial charge in [-0.2, -0.15) is 4.37 Å². The quantitative estimate of drug-likeness (QED) is 0.936. The van der Waals surface area contributed by atoms with Gasteiger partial charge in [0.1, 0.15) is 5.76 Å². The van der Waals surface area contributed by atoms with E-state index in [2.05, 4.69) is 9.69 Å². The van der Waals surface area contributed by atoms with Crippen LogP contribution in [0.25, 0.3) is 0 Å². The molecule has 0 bridgehead atoms. The van der Waals surface area contributed by atoms with Crippen LogP contribution in [-0.4, -0.2) is 40.2 Å². The van der Waals surface area contributed by atoms with Gasteiger partial charge in [-0.15, -0.1) is 0 Å². The fraction of sp³-hybridized carbons (Fsp3) is 0.438. The third-order valence-electron chi connectivity index (χ3n) is 4.20. The van der Waals surface area contributed by atoms with Crippen molar-refractivity contribution in [3.8, 4) is 0 Å². The molecule has 6 nitrogen and oxygen atoms in total. The molecule has 1 aliphatic rings. The average Bonchev–Trinajstić information content (AvgIpc) is 3.15. The summed E-state index contributed by atoms with van der Waals surface area (Å²) in [5.74, 6) is 0.543. The molecule has 2 aromatic rings. The molecule has 1 aliphatic heterocycles. The third kappa shape index (κ3) is 3.29. The lowest BCUT2D eigenvalue weighted by Crippen LogP contribution is -2.46. The number of hydrogen-bond acceptors (Lipinski definition) is 5. The second-order valence-electron chi connectivity index (χ2n) is 5.74. The van der Waals surface area contributed by atoms with E-state index in [0.717, 1.165) is 18.5 Å². The minimum absolute atomic E-state index is 0.0340. The van der Waals surface area contributed by atoms with Crippen LogP contribution in [0, 0.1) is 13.8 Å². The van der Waals surface area contributed by atoms with Gasteiger partial charge in [0.25, 0.3) is 11.8 Å². The van der Waals surface area contributed by atoms with E-state index in [-0.39, 0.29) is 17.9 Å². The van der Waals surface area contributed by atoms with E-state index in [1.807, 2.05) is 11.8 Å². The largest absolute Gasteiger partial charge is 0.469 e. The minimum Gasteiger partial charge on any atom is -0.469 e. The standard InChI is InChI=1S/C16H19N3O3S/c1-10-14(9-23-18-10)16(21)19-6-3-12(4-7-19)17-15(20)13-5-8-22-11(13)2/h5,8-9,12H,3-4,6-7H2,1-2H3,(H,17,20). The summed E-state index contributed by atoms with van der Waals surface area (Å²) in [6.07, 6.45) is 3.03. The number of likely N-dealkylation sites (tertiary alicyclic amines) is 1. The molecule has 3 rings (SSSR count). The van der Waals surface area contributed by atoms with Gasteiger partial charge in [0, 0.05) is 24.5 Å². The van der Waals surface area contributed by atoms with Crippen molar-refractivity contribution in [2.75, 3.05) is 13.1 Å². The molecule has 1 fully saturated rings. The lowest BCUT2D eigenvalue weighted by molar-refractivity contribution is 0.0697. The van der Waals surface area contributed by atoms with Crippen LogP contribution in [0.4, 0.5) is 0 Å². The van der Waals surface area contributed by atoms with Crippen LogP contribution >= 0.6 is 11.5 Å². The number of aromatic nitrogens is 1. The van der Waals surface area contributed by atoms with Gasteiger partial charge in [-0.05, 0) is 44.3 Å². The number of rotatable bonds is 3. The van der Waals surface area contributed by atoms with Crippen molar-refractivity contribution in [3.05, 3.63) is 40.3 Å². The Bertz CT molecular complexity index is 714. The topological polar surface area (TPSA) is 75.4 Å². The summed E-state index contributed by atoms with van der Waals surface area (Å²) >= 11 is 1.30. The van der Waals surface area contributed by atoms with Crippen LogP contribution in [0.3, 0.4) is 0 Å². The van der Waals surface area contributed by atoms with Crippen LogP contribution in [0.5, 0.6) is 0 Å². The smallest absolute Gasteiger partial charge is 0.256 e. The number of piperidine rings is 1. The van der Waals surface area contributed by atoms with E-state index in [1.54, 1.807) is 18.4 Å². The molecule has 0 unspecified atom stereocenters. The van der Waals surface area contributed by atoms with Crippen molar-refractivity contribution in [3.63, 3.8) is 0 Å². The summed E-state index contributed by atoms with van der Waals surface area (Å²) in [4.78, 5) is 26.5. The Labute approximate surface area is 138 Å². The van der Waals surface area contributed by atoms with Gasteiger partial charge < -0.3 is 14.6 Å². The lowest BCUT2D eigenvalue weighted by atomic mass is 10.0. The van der Waals surface area contributed by atoms with Crippen molar-refractivity contribution >= 4 is 23.3 Å². The predicted molar refractivity (Wildman–Crippen MR) is 86.7 cm³/mol. The van der Waals surface area contributed by atoms with E-state index in [0.29, 0.717) is 30.0 Å². The van der Waals surface area contributed by atoms with Crippen LogP contribution in [0.1, 0.15) is 45.0 Å². The molecule has 0 aliphatic carbocycles. The molecule has 7 heteroatoms. The number of carbonyl (C=O) groups is 2. The van der Waals surface area contributed by atoms with Crippen LogP contribution in [0.15, 0.2) is 22.1 Å². The molecule has 1 N–H and O–H groups in total. The average molecular weight is 333 g/mol. The van der Waals surface area contributed by atoms with Crippen molar-refractivity contribution in [2.24, 2.45) is 0 Å². The molecule has 1 saturated heterocycles. The number of nitrogens with one attached hydrogen (secondary N) is 1. The number of hydrogen-bond donors (Lipinski definition) is 1. The number of carbonyl (C=O) groups excluding carboxylic acids is 2. The highest BCUT2D eigenvalue weighted by Crippen LogP contribution is 2.18. The second kappa shape index (κ2) is 6.54. The SMILES string of the molecule is Cc1nscc1C(=O)N1CCC(NC(=O)c2ccoc2C)CC1.